The molecule has 0 aliphatic heterocycles. The summed E-state index contributed by atoms with van der Waals surface area (Å²) in [5, 5.41) is 7.96. The van der Waals surface area contributed by atoms with Crippen molar-refractivity contribution in [1.29, 1.82) is 0 Å². The minimum absolute atomic E-state index is 0.0287. The first-order valence-electron chi connectivity index (χ1n) is 6.80. The molecule has 2 heterocycles. The molecule has 0 unspecified atom stereocenters. The van der Waals surface area contributed by atoms with Crippen molar-refractivity contribution in [3.63, 3.8) is 0 Å². The number of fused-ring (bicyclic) bond motifs is 1. The Kier molecular flexibility index (Phi) is 3.92. The van der Waals surface area contributed by atoms with Crippen LogP contribution in [0, 0.1) is 6.92 Å². The molecule has 0 saturated heterocycles. The molecule has 2 rings (SSSR count). The maximum Gasteiger partial charge on any atom is 0.277 e. The number of hydrogen-bond acceptors (Lipinski definition) is 3. The highest BCUT2D eigenvalue weighted by atomic mass is 16.2. The number of rotatable bonds is 4. The molecule has 0 saturated carbocycles. The number of pyridine rings is 1. The summed E-state index contributed by atoms with van der Waals surface area (Å²) in [7, 11) is 0. The molecule has 1 amide bonds. The summed E-state index contributed by atoms with van der Waals surface area (Å²) in [5.74, 6) is -0.166. The van der Waals surface area contributed by atoms with Crippen molar-refractivity contribution in [3.8, 4) is 0 Å². The molecule has 2 aromatic heterocycles. The number of hydrogen-bond donors (Lipinski definition) is 1. The molecule has 0 radical (unpaired) electrons. The molecule has 6 heteroatoms. The van der Waals surface area contributed by atoms with Crippen molar-refractivity contribution in [2.75, 3.05) is 0 Å². The normalized spacial score (nSPS) is 11.2. The second kappa shape index (κ2) is 5.48. The van der Waals surface area contributed by atoms with Crippen LogP contribution in [-0.2, 0) is 17.9 Å². The molecule has 0 aromatic carbocycles. The van der Waals surface area contributed by atoms with Crippen LogP contribution in [0.3, 0.4) is 0 Å². The Morgan fingerprint density at radius 2 is 2.15 bits per heavy atom. The van der Waals surface area contributed by atoms with Crippen LogP contribution in [0.1, 0.15) is 26.5 Å². The highest BCUT2D eigenvalue weighted by molar-refractivity contribution is 5.81. The van der Waals surface area contributed by atoms with Gasteiger partial charge in [0.15, 0.2) is 0 Å². The van der Waals surface area contributed by atoms with E-state index in [1.165, 1.54) is 4.57 Å². The standard InChI is InChI=1S/C14H20N4O2/c1-5-18-13-11(10(4)16-18)6-7-17(14(13)20)8-12(19)15-9(2)3/h6-7,9H,5,8H2,1-4H3,(H,15,19). The molecular weight excluding hydrogens is 256 g/mol. The highest BCUT2D eigenvalue weighted by Crippen LogP contribution is 2.13. The first-order valence-corrected chi connectivity index (χ1v) is 6.80. The first kappa shape index (κ1) is 14.3. The molecule has 6 nitrogen and oxygen atoms in total. The summed E-state index contributed by atoms with van der Waals surface area (Å²) in [4.78, 5) is 24.2. The zero-order valence-corrected chi connectivity index (χ0v) is 12.3. The van der Waals surface area contributed by atoms with E-state index in [9.17, 15) is 9.59 Å². The predicted octanol–water partition coefficient (Wildman–Crippen LogP) is 1.05. The van der Waals surface area contributed by atoms with E-state index >= 15 is 0 Å². The van der Waals surface area contributed by atoms with Crippen molar-refractivity contribution >= 4 is 16.8 Å². The lowest BCUT2D eigenvalue weighted by Gasteiger charge is -2.10. The topological polar surface area (TPSA) is 68.9 Å². The molecule has 0 atom stereocenters. The van der Waals surface area contributed by atoms with Gasteiger partial charge in [-0.05, 0) is 33.8 Å². The molecule has 108 valence electrons. The van der Waals surface area contributed by atoms with Gasteiger partial charge < -0.3 is 9.88 Å². The fourth-order valence-electron chi connectivity index (χ4n) is 2.26. The third-order valence-corrected chi connectivity index (χ3v) is 3.12. The number of nitrogens with zero attached hydrogens (tertiary/aromatic N) is 3. The Morgan fingerprint density at radius 3 is 2.75 bits per heavy atom. The minimum atomic E-state index is -0.177. The lowest BCUT2D eigenvalue weighted by atomic mass is 10.2. The summed E-state index contributed by atoms with van der Waals surface area (Å²) in [6.45, 7) is 8.25. The van der Waals surface area contributed by atoms with E-state index in [0.29, 0.717) is 12.1 Å². The largest absolute Gasteiger partial charge is 0.352 e. The van der Waals surface area contributed by atoms with Crippen LogP contribution in [0.15, 0.2) is 17.1 Å². The fourth-order valence-corrected chi connectivity index (χ4v) is 2.26. The minimum Gasteiger partial charge on any atom is -0.352 e. The number of aryl methyl sites for hydroxylation is 2. The van der Waals surface area contributed by atoms with E-state index in [1.807, 2.05) is 33.8 Å². The van der Waals surface area contributed by atoms with Gasteiger partial charge in [0.05, 0.1) is 5.69 Å². The summed E-state index contributed by atoms with van der Waals surface area (Å²) in [6.07, 6.45) is 1.65. The van der Waals surface area contributed by atoms with Crippen molar-refractivity contribution in [2.24, 2.45) is 0 Å². The maximum absolute atomic E-state index is 12.5. The maximum atomic E-state index is 12.5. The summed E-state index contributed by atoms with van der Waals surface area (Å²) in [6, 6.07) is 1.90. The molecular formula is C14H20N4O2. The van der Waals surface area contributed by atoms with Gasteiger partial charge in [-0.25, -0.2) is 0 Å². The van der Waals surface area contributed by atoms with Gasteiger partial charge in [-0.15, -0.1) is 0 Å². The lowest BCUT2D eigenvalue weighted by Crippen LogP contribution is -2.36. The summed E-state index contributed by atoms with van der Waals surface area (Å²) >= 11 is 0. The third-order valence-electron chi connectivity index (χ3n) is 3.12. The van der Waals surface area contributed by atoms with Gasteiger partial charge in [-0.1, -0.05) is 0 Å². The van der Waals surface area contributed by atoms with E-state index in [4.69, 9.17) is 0 Å². The van der Waals surface area contributed by atoms with Crippen LogP contribution in [0.5, 0.6) is 0 Å². The van der Waals surface area contributed by atoms with Crippen LogP contribution in [-0.4, -0.2) is 26.3 Å². The van der Waals surface area contributed by atoms with Gasteiger partial charge in [0.1, 0.15) is 12.1 Å². The highest BCUT2D eigenvalue weighted by Gasteiger charge is 2.13. The quantitative estimate of drug-likeness (QED) is 0.907. The second-order valence-electron chi connectivity index (χ2n) is 5.13. The molecule has 2 aromatic rings. The number of amides is 1. The van der Waals surface area contributed by atoms with Crippen molar-refractivity contribution in [2.45, 2.75) is 46.8 Å². The van der Waals surface area contributed by atoms with Gasteiger partial charge in [-0.2, -0.15) is 5.10 Å². The zero-order valence-electron chi connectivity index (χ0n) is 12.3. The van der Waals surface area contributed by atoms with Crippen LogP contribution >= 0.6 is 0 Å². The third kappa shape index (κ3) is 2.59. The Morgan fingerprint density at radius 1 is 1.45 bits per heavy atom. The molecule has 0 aliphatic carbocycles. The van der Waals surface area contributed by atoms with Gasteiger partial charge in [0.25, 0.3) is 5.56 Å². The van der Waals surface area contributed by atoms with E-state index in [-0.39, 0.29) is 24.1 Å². The summed E-state index contributed by atoms with van der Waals surface area (Å²) < 4.78 is 3.11. The molecule has 1 N–H and O–H groups in total. The van der Waals surface area contributed by atoms with E-state index in [1.54, 1.807) is 10.9 Å². The predicted molar refractivity (Wildman–Crippen MR) is 77.7 cm³/mol. The average molecular weight is 276 g/mol. The van der Waals surface area contributed by atoms with Gasteiger partial charge >= 0.3 is 0 Å². The molecule has 0 spiro atoms. The monoisotopic (exact) mass is 276 g/mol. The lowest BCUT2D eigenvalue weighted by molar-refractivity contribution is -0.122. The fraction of sp³-hybridized carbons (Fsp3) is 0.500. The van der Waals surface area contributed by atoms with Crippen molar-refractivity contribution in [3.05, 3.63) is 28.3 Å². The van der Waals surface area contributed by atoms with Crippen LogP contribution in [0.25, 0.3) is 10.9 Å². The van der Waals surface area contributed by atoms with Crippen LogP contribution in [0.2, 0.25) is 0 Å². The Balaban J connectivity index is 2.44. The smallest absolute Gasteiger partial charge is 0.277 e. The van der Waals surface area contributed by atoms with Crippen molar-refractivity contribution in [1.82, 2.24) is 19.7 Å². The van der Waals surface area contributed by atoms with Gasteiger partial charge in [-0.3, -0.25) is 14.3 Å². The van der Waals surface area contributed by atoms with E-state index in [0.717, 1.165) is 11.1 Å². The number of carbonyl (C=O) groups is 1. The summed E-state index contributed by atoms with van der Waals surface area (Å²) in [5.41, 5.74) is 1.21. The first-order chi connectivity index (χ1) is 9.43. The number of nitrogens with one attached hydrogen (secondary N) is 1. The van der Waals surface area contributed by atoms with Crippen molar-refractivity contribution < 1.29 is 4.79 Å². The SMILES string of the molecule is CCn1nc(C)c2ccn(CC(=O)NC(C)C)c(=O)c21. The van der Waals surface area contributed by atoms with Gasteiger partial charge in [0, 0.05) is 24.2 Å². The van der Waals surface area contributed by atoms with E-state index in [2.05, 4.69) is 10.4 Å². The molecule has 0 fully saturated rings. The van der Waals surface area contributed by atoms with Gasteiger partial charge in [0.2, 0.25) is 5.91 Å². The average Bonchev–Trinajstić information content (AvgIpc) is 2.69. The number of aromatic nitrogens is 3. The van der Waals surface area contributed by atoms with Crippen LogP contribution in [0.4, 0.5) is 0 Å². The molecule has 20 heavy (non-hydrogen) atoms. The zero-order chi connectivity index (χ0) is 14.9. The molecule has 0 aliphatic rings. The number of carbonyl (C=O) groups excluding carboxylic acids is 1. The Labute approximate surface area is 117 Å². The van der Waals surface area contributed by atoms with E-state index < -0.39 is 0 Å². The Hall–Kier alpha value is -2.11. The molecule has 0 bridgehead atoms. The second-order valence-corrected chi connectivity index (χ2v) is 5.13. The Bertz CT molecular complexity index is 697. The van der Waals surface area contributed by atoms with Crippen LogP contribution < -0.4 is 10.9 Å².